The SMILES string of the molecule is Cc1cccc(C)c1Nc1ccc(C(=O)O)c(C)n1. The summed E-state index contributed by atoms with van der Waals surface area (Å²) in [6.45, 7) is 5.74. The highest BCUT2D eigenvalue weighted by molar-refractivity contribution is 5.89. The quantitative estimate of drug-likeness (QED) is 0.883. The number of carbonyl (C=O) groups is 1. The second kappa shape index (κ2) is 5.10. The summed E-state index contributed by atoms with van der Waals surface area (Å²) in [6, 6.07) is 9.30. The van der Waals surface area contributed by atoms with E-state index in [0.717, 1.165) is 16.8 Å². The van der Waals surface area contributed by atoms with Crippen LogP contribution in [-0.2, 0) is 0 Å². The molecule has 0 aliphatic heterocycles. The van der Waals surface area contributed by atoms with E-state index in [2.05, 4.69) is 10.3 Å². The third-order valence-electron chi connectivity index (χ3n) is 3.05. The Kier molecular flexibility index (Phi) is 3.51. The zero-order valence-electron chi connectivity index (χ0n) is 11.2. The van der Waals surface area contributed by atoms with E-state index in [9.17, 15) is 4.79 Å². The number of carboxylic acids is 1. The lowest BCUT2D eigenvalue weighted by atomic mass is 10.1. The summed E-state index contributed by atoms with van der Waals surface area (Å²) in [5.41, 5.74) is 4.00. The zero-order valence-corrected chi connectivity index (χ0v) is 11.2. The molecule has 2 N–H and O–H groups in total. The minimum Gasteiger partial charge on any atom is -0.478 e. The number of aromatic nitrogens is 1. The van der Waals surface area contributed by atoms with Gasteiger partial charge in [0.2, 0.25) is 0 Å². The third kappa shape index (κ3) is 2.73. The lowest BCUT2D eigenvalue weighted by Gasteiger charge is -2.12. The van der Waals surface area contributed by atoms with Gasteiger partial charge in [0.05, 0.1) is 11.3 Å². The molecular formula is C15H16N2O2. The maximum Gasteiger partial charge on any atom is 0.337 e. The first-order valence-electron chi connectivity index (χ1n) is 6.03. The van der Waals surface area contributed by atoms with Gasteiger partial charge in [-0.05, 0) is 44.0 Å². The average molecular weight is 256 g/mol. The van der Waals surface area contributed by atoms with Crippen LogP contribution < -0.4 is 5.32 Å². The van der Waals surface area contributed by atoms with Crippen LogP contribution in [-0.4, -0.2) is 16.1 Å². The number of nitrogens with one attached hydrogen (secondary N) is 1. The van der Waals surface area contributed by atoms with E-state index in [1.54, 1.807) is 19.1 Å². The lowest BCUT2D eigenvalue weighted by molar-refractivity contribution is 0.0695. The highest BCUT2D eigenvalue weighted by atomic mass is 16.4. The second-order valence-electron chi connectivity index (χ2n) is 4.53. The predicted octanol–water partition coefficient (Wildman–Crippen LogP) is 3.45. The summed E-state index contributed by atoms with van der Waals surface area (Å²) in [6.07, 6.45) is 0. The summed E-state index contributed by atoms with van der Waals surface area (Å²) in [5, 5.41) is 12.2. The number of benzene rings is 1. The van der Waals surface area contributed by atoms with E-state index in [-0.39, 0.29) is 5.56 Å². The molecule has 2 aromatic rings. The Labute approximate surface area is 112 Å². The van der Waals surface area contributed by atoms with Crippen LogP contribution in [0.25, 0.3) is 0 Å². The van der Waals surface area contributed by atoms with Crippen molar-refractivity contribution in [3.8, 4) is 0 Å². The minimum absolute atomic E-state index is 0.229. The number of pyridine rings is 1. The van der Waals surface area contributed by atoms with Crippen molar-refractivity contribution in [3.63, 3.8) is 0 Å². The Balaban J connectivity index is 2.34. The van der Waals surface area contributed by atoms with Crippen molar-refractivity contribution in [2.45, 2.75) is 20.8 Å². The van der Waals surface area contributed by atoms with Gasteiger partial charge in [-0.25, -0.2) is 9.78 Å². The van der Waals surface area contributed by atoms with Gasteiger partial charge in [-0.2, -0.15) is 0 Å². The molecule has 0 saturated heterocycles. The second-order valence-corrected chi connectivity index (χ2v) is 4.53. The van der Waals surface area contributed by atoms with Crippen molar-refractivity contribution in [1.29, 1.82) is 0 Å². The van der Waals surface area contributed by atoms with Crippen molar-refractivity contribution in [2.75, 3.05) is 5.32 Å². The minimum atomic E-state index is -0.955. The molecule has 0 unspecified atom stereocenters. The molecule has 98 valence electrons. The smallest absolute Gasteiger partial charge is 0.337 e. The maximum absolute atomic E-state index is 10.9. The van der Waals surface area contributed by atoms with Crippen LogP contribution in [0.4, 0.5) is 11.5 Å². The Morgan fingerprint density at radius 3 is 2.26 bits per heavy atom. The number of para-hydroxylation sites is 1. The summed E-state index contributed by atoms with van der Waals surface area (Å²) in [5.74, 6) is -0.302. The van der Waals surface area contributed by atoms with Crippen LogP contribution in [0.15, 0.2) is 30.3 Å². The van der Waals surface area contributed by atoms with Gasteiger partial charge in [0.15, 0.2) is 0 Å². The van der Waals surface area contributed by atoms with Gasteiger partial charge in [-0.1, -0.05) is 18.2 Å². The molecule has 19 heavy (non-hydrogen) atoms. The van der Waals surface area contributed by atoms with Gasteiger partial charge in [-0.3, -0.25) is 0 Å². The number of carboxylic acid groups (broad SMARTS) is 1. The number of aromatic carboxylic acids is 1. The highest BCUT2D eigenvalue weighted by Gasteiger charge is 2.09. The summed E-state index contributed by atoms with van der Waals surface area (Å²) in [4.78, 5) is 15.2. The molecule has 0 amide bonds. The molecule has 0 aliphatic rings. The summed E-state index contributed by atoms with van der Waals surface area (Å²) >= 11 is 0. The molecule has 0 radical (unpaired) electrons. The van der Waals surface area contributed by atoms with Gasteiger partial charge in [0.25, 0.3) is 0 Å². The molecule has 0 fully saturated rings. The van der Waals surface area contributed by atoms with Gasteiger partial charge >= 0.3 is 5.97 Å². The third-order valence-corrected chi connectivity index (χ3v) is 3.05. The fraction of sp³-hybridized carbons (Fsp3) is 0.200. The summed E-state index contributed by atoms with van der Waals surface area (Å²) in [7, 11) is 0. The van der Waals surface area contributed by atoms with E-state index in [4.69, 9.17) is 5.11 Å². The topological polar surface area (TPSA) is 62.2 Å². The molecule has 4 heteroatoms. The molecule has 0 bridgehead atoms. The first-order valence-corrected chi connectivity index (χ1v) is 6.03. The summed E-state index contributed by atoms with van der Waals surface area (Å²) < 4.78 is 0. The molecule has 4 nitrogen and oxygen atoms in total. The van der Waals surface area contributed by atoms with Gasteiger partial charge in [0.1, 0.15) is 5.82 Å². The molecule has 0 spiro atoms. The van der Waals surface area contributed by atoms with E-state index in [1.165, 1.54) is 0 Å². The van der Waals surface area contributed by atoms with Gasteiger partial charge in [-0.15, -0.1) is 0 Å². The van der Waals surface area contributed by atoms with Crippen molar-refractivity contribution >= 4 is 17.5 Å². The number of anilines is 2. The maximum atomic E-state index is 10.9. The van der Waals surface area contributed by atoms with E-state index in [0.29, 0.717) is 11.5 Å². The number of aryl methyl sites for hydroxylation is 3. The standard InChI is InChI=1S/C15H16N2O2/c1-9-5-4-6-10(2)14(9)17-13-8-7-12(15(18)19)11(3)16-13/h4-8H,1-3H3,(H,16,17)(H,18,19). The Morgan fingerprint density at radius 2 is 1.74 bits per heavy atom. The largest absolute Gasteiger partial charge is 0.478 e. The van der Waals surface area contributed by atoms with E-state index < -0.39 is 5.97 Å². The molecule has 0 saturated carbocycles. The Bertz CT molecular complexity index is 616. The first kappa shape index (κ1) is 13.1. The van der Waals surface area contributed by atoms with Crippen LogP contribution in [0.5, 0.6) is 0 Å². The lowest BCUT2D eigenvalue weighted by Crippen LogP contribution is -2.04. The molecule has 1 aromatic heterocycles. The predicted molar refractivity (Wildman–Crippen MR) is 75.1 cm³/mol. The molecule has 2 rings (SSSR count). The van der Waals surface area contributed by atoms with Crippen molar-refractivity contribution in [1.82, 2.24) is 4.98 Å². The normalized spacial score (nSPS) is 10.3. The fourth-order valence-electron chi connectivity index (χ4n) is 2.00. The fourth-order valence-corrected chi connectivity index (χ4v) is 2.00. The number of rotatable bonds is 3. The zero-order chi connectivity index (χ0) is 14.0. The van der Waals surface area contributed by atoms with Crippen LogP contribution in [0.3, 0.4) is 0 Å². The van der Waals surface area contributed by atoms with Crippen molar-refractivity contribution in [2.24, 2.45) is 0 Å². The number of hydrogen-bond donors (Lipinski definition) is 2. The Hall–Kier alpha value is -2.36. The molecule has 1 aromatic carbocycles. The molecule has 0 atom stereocenters. The molecular weight excluding hydrogens is 240 g/mol. The number of nitrogens with zero attached hydrogens (tertiary/aromatic N) is 1. The van der Waals surface area contributed by atoms with Crippen LogP contribution in [0.2, 0.25) is 0 Å². The highest BCUT2D eigenvalue weighted by Crippen LogP contribution is 2.23. The average Bonchev–Trinajstić information content (AvgIpc) is 2.33. The molecule has 1 heterocycles. The molecule has 0 aliphatic carbocycles. The van der Waals surface area contributed by atoms with Crippen LogP contribution >= 0.6 is 0 Å². The van der Waals surface area contributed by atoms with Gasteiger partial charge < -0.3 is 10.4 Å². The van der Waals surface area contributed by atoms with Crippen molar-refractivity contribution in [3.05, 3.63) is 52.7 Å². The monoisotopic (exact) mass is 256 g/mol. The van der Waals surface area contributed by atoms with E-state index in [1.807, 2.05) is 32.0 Å². The van der Waals surface area contributed by atoms with Gasteiger partial charge in [0, 0.05) is 5.69 Å². The first-order chi connectivity index (χ1) is 8.99. The Morgan fingerprint density at radius 1 is 1.11 bits per heavy atom. The van der Waals surface area contributed by atoms with Crippen LogP contribution in [0, 0.1) is 20.8 Å². The van der Waals surface area contributed by atoms with E-state index >= 15 is 0 Å². The number of hydrogen-bond acceptors (Lipinski definition) is 3. The van der Waals surface area contributed by atoms with Crippen molar-refractivity contribution < 1.29 is 9.90 Å². The van der Waals surface area contributed by atoms with Crippen LogP contribution in [0.1, 0.15) is 27.2 Å².